The number of methoxy groups -OCH3 is 1. The zero-order valence-corrected chi connectivity index (χ0v) is 13.1. The second kappa shape index (κ2) is 5.20. The maximum atomic E-state index is 13.1. The molecule has 24 heavy (non-hydrogen) atoms. The summed E-state index contributed by atoms with van der Waals surface area (Å²) in [4.78, 5) is 9.65. The molecule has 10 heteroatoms. The number of anilines is 1. The molecule has 0 aliphatic carbocycles. The van der Waals surface area contributed by atoms with Gasteiger partial charge in [-0.15, -0.1) is 0 Å². The molecule has 3 aromatic rings. The van der Waals surface area contributed by atoms with Gasteiger partial charge in [0.2, 0.25) is 0 Å². The van der Waals surface area contributed by atoms with Crippen molar-refractivity contribution < 1.29 is 13.5 Å². The first-order chi connectivity index (χ1) is 11.5. The first-order valence-corrected chi connectivity index (χ1v) is 7.31. The van der Waals surface area contributed by atoms with Crippen molar-refractivity contribution in [3.63, 3.8) is 0 Å². The number of hydrogen-bond donors (Lipinski definition) is 0. The summed E-state index contributed by atoms with van der Waals surface area (Å²) in [5.74, 6) is 0.667. The molecule has 126 valence electrons. The highest BCUT2D eigenvalue weighted by atomic mass is 19.3. The van der Waals surface area contributed by atoms with Gasteiger partial charge in [-0.2, -0.15) is 19.7 Å². The molecule has 1 aliphatic rings. The monoisotopic (exact) mass is 335 g/mol. The summed E-state index contributed by atoms with van der Waals surface area (Å²) >= 11 is 0. The zero-order valence-electron chi connectivity index (χ0n) is 13.1. The number of halogens is 2. The summed E-state index contributed by atoms with van der Waals surface area (Å²) in [6.45, 7) is 0.982. The lowest BCUT2D eigenvalue weighted by atomic mass is 9.90. The van der Waals surface area contributed by atoms with Gasteiger partial charge in [0.25, 0.3) is 12.2 Å². The Morgan fingerprint density at radius 1 is 1.29 bits per heavy atom. The van der Waals surface area contributed by atoms with Gasteiger partial charge in [0.1, 0.15) is 23.4 Å². The maximum absolute atomic E-state index is 13.1. The van der Waals surface area contributed by atoms with E-state index in [9.17, 15) is 8.78 Å². The number of ether oxygens (including phenoxy) is 1. The van der Waals surface area contributed by atoms with E-state index in [0.29, 0.717) is 18.9 Å². The van der Waals surface area contributed by atoms with Crippen molar-refractivity contribution in [2.45, 2.75) is 12.0 Å². The molecule has 0 amide bonds. The molecule has 1 saturated heterocycles. The minimum Gasteiger partial charge on any atom is -0.368 e. The number of hydrogen-bond acceptors (Lipinski definition) is 6. The van der Waals surface area contributed by atoms with Crippen molar-refractivity contribution in [1.29, 1.82) is 0 Å². The van der Waals surface area contributed by atoms with Crippen molar-refractivity contribution in [3.8, 4) is 0 Å². The van der Waals surface area contributed by atoms with Crippen LogP contribution >= 0.6 is 0 Å². The lowest BCUT2D eigenvalue weighted by Crippen LogP contribution is -2.61. The van der Waals surface area contributed by atoms with Crippen LogP contribution in [0.1, 0.15) is 17.8 Å². The molecule has 4 heterocycles. The molecular weight excluding hydrogens is 320 g/mol. The third-order valence-electron chi connectivity index (χ3n) is 4.37. The molecule has 1 fully saturated rings. The Labute approximate surface area is 135 Å². The number of rotatable bonds is 4. The predicted molar refractivity (Wildman–Crippen MR) is 79.8 cm³/mol. The SMILES string of the molecule is COC1(c2ccnn2C)CN(c2cc(C(F)F)nc3ncnn23)C1. The molecule has 0 N–H and O–H groups in total. The van der Waals surface area contributed by atoms with Gasteiger partial charge in [0, 0.05) is 26.4 Å². The van der Waals surface area contributed by atoms with Crippen LogP contribution in [0.5, 0.6) is 0 Å². The van der Waals surface area contributed by atoms with Crippen molar-refractivity contribution in [3.05, 3.63) is 36.0 Å². The number of fused-ring (bicyclic) bond motifs is 1. The van der Waals surface area contributed by atoms with Crippen LogP contribution in [-0.2, 0) is 17.4 Å². The fourth-order valence-electron chi connectivity index (χ4n) is 3.10. The van der Waals surface area contributed by atoms with Crippen molar-refractivity contribution in [2.24, 2.45) is 7.05 Å². The van der Waals surface area contributed by atoms with Crippen LogP contribution in [0.15, 0.2) is 24.7 Å². The van der Waals surface area contributed by atoms with Crippen LogP contribution in [0.3, 0.4) is 0 Å². The summed E-state index contributed by atoms with van der Waals surface area (Å²) in [6, 6.07) is 3.23. The zero-order chi connectivity index (χ0) is 16.9. The van der Waals surface area contributed by atoms with E-state index in [1.54, 1.807) is 18.0 Å². The summed E-state index contributed by atoms with van der Waals surface area (Å²) in [5, 5.41) is 8.24. The first-order valence-electron chi connectivity index (χ1n) is 7.31. The minimum absolute atomic E-state index is 0.151. The van der Waals surface area contributed by atoms with E-state index in [4.69, 9.17) is 4.74 Å². The van der Waals surface area contributed by atoms with Crippen LogP contribution in [0.2, 0.25) is 0 Å². The molecule has 3 aromatic heterocycles. The lowest BCUT2D eigenvalue weighted by molar-refractivity contribution is -0.0449. The van der Waals surface area contributed by atoms with Crippen molar-refractivity contribution >= 4 is 11.6 Å². The average molecular weight is 335 g/mol. The molecule has 0 atom stereocenters. The van der Waals surface area contributed by atoms with Gasteiger partial charge < -0.3 is 9.64 Å². The van der Waals surface area contributed by atoms with E-state index in [-0.39, 0.29) is 11.5 Å². The van der Waals surface area contributed by atoms with E-state index in [1.165, 1.54) is 16.9 Å². The molecule has 0 unspecified atom stereocenters. The number of aryl methyl sites for hydroxylation is 1. The Kier molecular flexibility index (Phi) is 3.23. The van der Waals surface area contributed by atoms with E-state index in [1.807, 2.05) is 18.0 Å². The van der Waals surface area contributed by atoms with Gasteiger partial charge in [-0.1, -0.05) is 0 Å². The van der Waals surface area contributed by atoms with Gasteiger partial charge >= 0.3 is 0 Å². The summed E-state index contributed by atoms with van der Waals surface area (Å²) < 4.78 is 35.1. The Bertz CT molecular complexity index is 884. The quantitative estimate of drug-likeness (QED) is 0.712. The minimum atomic E-state index is -2.67. The smallest absolute Gasteiger partial charge is 0.280 e. The largest absolute Gasteiger partial charge is 0.368 e. The average Bonchev–Trinajstić information content (AvgIpc) is 3.15. The van der Waals surface area contributed by atoms with E-state index in [2.05, 4.69) is 20.2 Å². The highest BCUT2D eigenvalue weighted by Gasteiger charge is 2.48. The first kappa shape index (κ1) is 14.9. The second-order valence-electron chi connectivity index (χ2n) is 5.71. The van der Waals surface area contributed by atoms with Crippen LogP contribution in [0.4, 0.5) is 14.6 Å². The summed E-state index contributed by atoms with van der Waals surface area (Å²) in [6.07, 6.45) is 0.331. The molecule has 1 aliphatic heterocycles. The highest BCUT2D eigenvalue weighted by Crippen LogP contribution is 2.38. The highest BCUT2D eigenvalue weighted by molar-refractivity contribution is 5.52. The normalized spacial score (nSPS) is 16.8. The molecule has 0 bridgehead atoms. The maximum Gasteiger partial charge on any atom is 0.280 e. The molecule has 8 nitrogen and oxygen atoms in total. The Hall–Kier alpha value is -2.62. The van der Waals surface area contributed by atoms with E-state index >= 15 is 0 Å². The number of alkyl halides is 2. The second-order valence-corrected chi connectivity index (χ2v) is 5.71. The van der Waals surface area contributed by atoms with Gasteiger partial charge in [-0.05, 0) is 6.07 Å². The predicted octanol–water partition coefficient (Wildman–Crippen LogP) is 1.16. The van der Waals surface area contributed by atoms with Crippen LogP contribution in [-0.4, -0.2) is 49.6 Å². The van der Waals surface area contributed by atoms with Crippen molar-refractivity contribution in [1.82, 2.24) is 29.4 Å². The lowest BCUT2D eigenvalue weighted by Gasteiger charge is -2.49. The summed E-state index contributed by atoms with van der Waals surface area (Å²) in [5.41, 5.74) is 0.0760. The summed E-state index contributed by atoms with van der Waals surface area (Å²) in [7, 11) is 3.47. The van der Waals surface area contributed by atoms with Crippen molar-refractivity contribution in [2.75, 3.05) is 25.1 Å². The Morgan fingerprint density at radius 2 is 2.08 bits per heavy atom. The third-order valence-corrected chi connectivity index (χ3v) is 4.37. The molecule has 0 aromatic carbocycles. The standard InChI is InChI=1S/C14H15F2N7O/c1-21-10(3-4-18-21)14(24-2)6-22(7-14)11-5-9(12(15)16)20-13-17-8-19-23(11)13/h3-5,8,12H,6-7H2,1-2H3. The van der Waals surface area contributed by atoms with Gasteiger partial charge in [0.05, 0.1) is 18.8 Å². The van der Waals surface area contributed by atoms with Gasteiger partial charge in [-0.3, -0.25) is 4.68 Å². The van der Waals surface area contributed by atoms with Crippen LogP contribution in [0.25, 0.3) is 5.78 Å². The molecular formula is C14H15F2N7O. The fraction of sp³-hybridized carbons (Fsp3) is 0.429. The van der Waals surface area contributed by atoms with Crippen LogP contribution in [0, 0.1) is 0 Å². The topological polar surface area (TPSA) is 73.4 Å². The van der Waals surface area contributed by atoms with E-state index in [0.717, 1.165) is 5.69 Å². The Morgan fingerprint density at radius 3 is 2.71 bits per heavy atom. The Balaban J connectivity index is 1.71. The number of nitrogens with zero attached hydrogens (tertiary/aromatic N) is 7. The van der Waals surface area contributed by atoms with E-state index < -0.39 is 12.0 Å². The van der Waals surface area contributed by atoms with Gasteiger partial charge in [-0.25, -0.2) is 13.8 Å². The molecule has 4 rings (SSSR count). The third kappa shape index (κ3) is 2.06. The molecule has 0 spiro atoms. The molecule has 0 radical (unpaired) electrons. The van der Waals surface area contributed by atoms with Gasteiger partial charge in [0.15, 0.2) is 0 Å². The van der Waals surface area contributed by atoms with Crippen LogP contribution < -0.4 is 4.90 Å². The fourth-order valence-corrected chi connectivity index (χ4v) is 3.10. The molecule has 0 saturated carbocycles. The number of aromatic nitrogens is 6.